The molecule has 0 amide bonds. The van der Waals surface area contributed by atoms with Crippen LogP contribution in [-0.4, -0.2) is 36.1 Å². The van der Waals surface area contributed by atoms with Gasteiger partial charge < -0.3 is 20.3 Å². The lowest BCUT2D eigenvalue weighted by Crippen LogP contribution is -2.37. The van der Waals surface area contributed by atoms with Crippen molar-refractivity contribution in [2.24, 2.45) is 0 Å². The number of para-hydroxylation sites is 1. The van der Waals surface area contributed by atoms with Gasteiger partial charge in [-0.3, -0.25) is 0 Å². The largest absolute Gasteiger partial charge is 0.466 e. The molecule has 1 fully saturated rings. The fraction of sp³-hybridized carbons (Fsp3) is 0.360. The Hall–Kier alpha value is -3.12. The maximum absolute atomic E-state index is 5.37. The lowest BCUT2D eigenvalue weighted by molar-refractivity contribution is 0.352. The number of rotatable bonds is 8. The Balaban J connectivity index is 1.32. The molecule has 6 nitrogen and oxygen atoms in total. The molecular formula is C25H31N5O. The van der Waals surface area contributed by atoms with Gasteiger partial charge in [0.1, 0.15) is 11.6 Å². The van der Waals surface area contributed by atoms with Crippen molar-refractivity contribution in [3.8, 4) is 5.75 Å². The van der Waals surface area contributed by atoms with Gasteiger partial charge in [-0.15, -0.1) is 0 Å². The van der Waals surface area contributed by atoms with Crippen LogP contribution in [0.3, 0.4) is 0 Å². The average molecular weight is 418 g/mol. The molecule has 4 rings (SSSR count). The van der Waals surface area contributed by atoms with Crippen LogP contribution in [0.2, 0.25) is 0 Å². The normalized spacial score (nSPS) is 18.5. The van der Waals surface area contributed by atoms with Gasteiger partial charge in [-0.05, 0) is 55.5 Å². The van der Waals surface area contributed by atoms with Crippen LogP contribution in [0.4, 0.5) is 11.8 Å². The van der Waals surface area contributed by atoms with Crippen molar-refractivity contribution in [3.63, 3.8) is 0 Å². The highest BCUT2D eigenvalue weighted by atomic mass is 16.5. The summed E-state index contributed by atoms with van der Waals surface area (Å²) in [4.78, 5) is 11.6. The molecule has 2 N–H and O–H groups in total. The van der Waals surface area contributed by atoms with E-state index in [1.54, 1.807) is 0 Å². The van der Waals surface area contributed by atoms with Crippen molar-refractivity contribution in [1.29, 1.82) is 0 Å². The van der Waals surface area contributed by atoms with Crippen molar-refractivity contribution in [2.75, 3.05) is 24.3 Å². The summed E-state index contributed by atoms with van der Waals surface area (Å²) < 4.78 is 5.37. The molecule has 2 aromatic carbocycles. The lowest BCUT2D eigenvalue weighted by Gasteiger charge is -2.30. The first-order valence-electron chi connectivity index (χ1n) is 10.9. The summed E-state index contributed by atoms with van der Waals surface area (Å²) >= 11 is 0. The minimum Gasteiger partial charge on any atom is -0.466 e. The maximum Gasteiger partial charge on any atom is 0.225 e. The van der Waals surface area contributed by atoms with Crippen molar-refractivity contribution in [3.05, 3.63) is 66.9 Å². The summed E-state index contributed by atoms with van der Waals surface area (Å²) in [6, 6.07) is 17.2. The second-order valence-corrected chi connectivity index (χ2v) is 8.29. The molecule has 0 saturated heterocycles. The van der Waals surface area contributed by atoms with E-state index in [0.717, 1.165) is 60.6 Å². The summed E-state index contributed by atoms with van der Waals surface area (Å²) in [5.41, 5.74) is 2.20. The Morgan fingerprint density at radius 1 is 1.03 bits per heavy atom. The van der Waals surface area contributed by atoms with Crippen LogP contribution < -0.4 is 20.3 Å². The standard InChI is InChI=1S/C25H31N5O/c1-4-31-21-9-7-8-18(16-21)17-26-19-12-14-20(15-13-19)27-25-28-23-11-6-5-10-22(23)24(29-25)30(2)3/h4-11,16,19-20,26H,1,12-15,17H2,2-3H3,(H,27,28,29). The Kier molecular flexibility index (Phi) is 6.67. The molecule has 0 aliphatic heterocycles. The van der Waals surface area contributed by atoms with E-state index in [9.17, 15) is 0 Å². The van der Waals surface area contributed by atoms with E-state index < -0.39 is 0 Å². The van der Waals surface area contributed by atoms with E-state index >= 15 is 0 Å². The molecule has 1 aliphatic rings. The van der Waals surface area contributed by atoms with Gasteiger partial charge in [0.2, 0.25) is 5.95 Å². The topological polar surface area (TPSA) is 62.3 Å². The van der Waals surface area contributed by atoms with Crippen molar-refractivity contribution < 1.29 is 4.74 Å². The van der Waals surface area contributed by atoms with Crippen molar-refractivity contribution >= 4 is 22.7 Å². The van der Waals surface area contributed by atoms with E-state index in [1.807, 2.05) is 49.3 Å². The molecule has 0 spiro atoms. The SMILES string of the molecule is C=COc1cccc(CNC2CCC(Nc3nc(N(C)C)c4ccccc4n3)CC2)c1. The van der Waals surface area contributed by atoms with Gasteiger partial charge in [0, 0.05) is 38.1 Å². The van der Waals surface area contributed by atoms with Crippen LogP contribution in [0.5, 0.6) is 5.75 Å². The van der Waals surface area contributed by atoms with Crippen LogP contribution in [0.1, 0.15) is 31.2 Å². The van der Waals surface area contributed by atoms with E-state index in [2.05, 4.69) is 35.4 Å². The highest BCUT2D eigenvalue weighted by Crippen LogP contribution is 2.26. The molecule has 162 valence electrons. The Labute approximate surface area is 184 Å². The maximum atomic E-state index is 5.37. The van der Waals surface area contributed by atoms with Gasteiger partial charge >= 0.3 is 0 Å². The van der Waals surface area contributed by atoms with E-state index in [4.69, 9.17) is 14.7 Å². The predicted molar refractivity (Wildman–Crippen MR) is 128 cm³/mol. The fourth-order valence-electron chi connectivity index (χ4n) is 4.18. The van der Waals surface area contributed by atoms with Crippen LogP contribution in [-0.2, 0) is 6.54 Å². The summed E-state index contributed by atoms with van der Waals surface area (Å²) in [7, 11) is 4.04. The first-order chi connectivity index (χ1) is 15.1. The number of hydrogen-bond acceptors (Lipinski definition) is 6. The van der Waals surface area contributed by atoms with Gasteiger partial charge in [-0.2, -0.15) is 4.98 Å². The summed E-state index contributed by atoms with van der Waals surface area (Å²) in [5.74, 6) is 2.50. The molecule has 1 heterocycles. The number of fused-ring (bicyclic) bond motifs is 1. The van der Waals surface area contributed by atoms with Crippen LogP contribution >= 0.6 is 0 Å². The highest BCUT2D eigenvalue weighted by Gasteiger charge is 2.22. The predicted octanol–water partition coefficient (Wildman–Crippen LogP) is 4.73. The first-order valence-corrected chi connectivity index (χ1v) is 10.9. The van der Waals surface area contributed by atoms with Crippen LogP contribution in [0, 0.1) is 0 Å². The number of nitrogens with one attached hydrogen (secondary N) is 2. The molecule has 0 atom stereocenters. The van der Waals surface area contributed by atoms with Gasteiger partial charge in [-0.1, -0.05) is 30.8 Å². The first kappa shape index (κ1) is 21.1. The number of benzene rings is 2. The van der Waals surface area contributed by atoms with Crippen LogP contribution in [0.15, 0.2) is 61.4 Å². The highest BCUT2D eigenvalue weighted by molar-refractivity contribution is 5.90. The average Bonchev–Trinajstić information content (AvgIpc) is 2.78. The molecule has 0 bridgehead atoms. The molecular weight excluding hydrogens is 386 g/mol. The molecule has 1 aliphatic carbocycles. The Morgan fingerprint density at radius 2 is 1.81 bits per heavy atom. The summed E-state index contributed by atoms with van der Waals surface area (Å²) in [6.07, 6.45) is 5.93. The van der Waals surface area contributed by atoms with Gasteiger partial charge in [-0.25, -0.2) is 4.98 Å². The zero-order chi connectivity index (χ0) is 21.6. The van der Waals surface area contributed by atoms with Gasteiger partial charge in [0.05, 0.1) is 11.8 Å². The van der Waals surface area contributed by atoms with Crippen molar-refractivity contribution in [2.45, 2.75) is 44.3 Å². The smallest absolute Gasteiger partial charge is 0.225 e. The van der Waals surface area contributed by atoms with Gasteiger partial charge in [0.15, 0.2) is 0 Å². The summed E-state index contributed by atoms with van der Waals surface area (Å²) in [5, 5.41) is 8.35. The molecule has 3 aromatic rings. The lowest BCUT2D eigenvalue weighted by atomic mass is 9.91. The Morgan fingerprint density at radius 3 is 2.58 bits per heavy atom. The third kappa shape index (κ3) is 5.33. The quantitative estimate of drug-likeness (QED) is 0.517. The zero-order valence-corrected chi connectivity index (χ0v) is 18.3. The summed E-state index contributed by atoms with van der Waals surface area (Å²) in [6.45, 7) is 4.46. The second kappa shape index (κ2) is 9.79. The number of hydrogen-bond donors (Lipinski definition) is 2. The van der Waals surface area contributed by atoms with E-state index in [1.165, 1.54) is 11.8 Å². The molecule has 1 aromatic heterocycles. The zero-order valence-electron chi connectivity index (χ0n) is 18.3. The number of aromatic nitrogens is 2. The number of ether oxygens (including phenoxy) is 1. The fourth-order valence-corrected chi connectivity index (χ4v) is 4.18. The van der Waals surface area contributed by atoms with Crippen molar-refractivity contribution in [1.82, 2.24) is 15.3 Å². The van der Waals surface area contributed by atoms with Gasteiger partial charge in [0.25, 0.3) is 0 Å². The van der Waals surface area contributed by atoms with E-state index in [0.29, 0.717) is 12.1 Å². The molecule has 6 heteroatoms. The third-order valence-corrected chi connectivity index (χ3v) is 5.78. The molecule has 31 heavy (non-hydrogen) atoms. The Bertz CT molecular complexity index is 1030. The third-order valence-electron chi connectivity index (χ3n) is 5.78. The minimum atomic E-state index is 0.401. The van der Waals surface area contributed by atoms with E-state index in [-0.39, 0.29) is 0 Å². The number of anilines is 2. The monoisotopic (exact) mass is 417 g/mol. The number of nitrogens with zero attached hydrogens (tertiary/aromatic N) is 3. The molecule has 0 radical (unpaired) electrons. The van der Waals surface area contributed by atoms with Crippen LogP contribution in [0.25, 0.3) is 10.9 Å². The minimum absolute atomic E-state index is 0.401. The molecule has 0 unspecified atom stereocenters. The molecule has 1 saturated carbocycles. The second-order valence-electron chi connectivity index (χ2n) is 8.29.